The van der Waals surface area contributed by atoms with E-state index in [1.54, 1.807) is 19.1 Å². The van der Waals surface area contributed by atoms with E-state index in [-0.39, 0.29) is 31.2 Å². The highest BCUT2D eigenvalue weighted by Crippen LogP contribution is 2.17. The summed E-state index contributed by atoms with van der Waals surface area (Å²) in [5.74, 6) is -1.27. The number of halogens is 1. The molecule has 1 N–H and O–H groups in total. The highest BCUT2D eigenvalue weighted by Gasteiger charge is 2.25. The van der Waals surface area contributed by atoms with Crippen LogP contribution in [0.15, 0.2) is 23.0 Å². The lowest BCUT2D eigenvalue weighted by Crippen LogP contribution is -2.35. The van der Waals surface area contributed by atoms with E-state index in [0.29, 0.717) is 18.0 Å². The van der Waals surface area contributed by atoms with Gasteiger partial charge in [0.15, 0.2) is 5.69 Å². The van der Waals surface area contributed by atoms with E-state index in [1.807, 2.05) is 0 Å². The van der Waals surface area contributed by atoms with Gasteiger partial charge >= 0.3 is 0 Å². The number of aromatic hydroxyl groups is 1. The van der Waals surface area contributed by atoms with Crippen molar-refractivity contribution >= 4 is 5.91 Å². The molecule has 8 heteroatoms. The molecule has 0 spiro atoms. The van der Waals surface area contributed by atoms with Gasteiger partial charge in [0.25, 0.3) is 11.5 Å². The Kier molecular flexibility index (Phi) is 4.54. The van der Waals surface area contributed by atoms with Gasteiger partial charge in [0.1, 0.15) is 18.2 Å². The van der Waals surface area contributed by atoms with E-state index in [4.69, 9.17) is 4.74 Å². The van der Waals surface area contributed by atoms with Gasteiger partial charge < -0.3 is 14.7 Å². The number of benzene rings is 1. The molecule has 0 saturated carbocycles. The van der Waals surface area contributed by atoms with Crippen LogP contribution in [0.1, 0.15) is 27.4 Å². The van der Waals surface area contributed by atoms with Crippen molar-refractivity contribution in [2.75, 3.05) is 13.7 Å². The number of amides is 1. The van der Waals surface area contributed by atoms with E-state index >= 15 is 0 Å². The molecular formula is C17H18FN3O4. The van der Waals surface area contributed by atoms with E-state index in [2.05, 4.69) is 4.98 Å². The first-order valence-electron chi connectivity index (χ1n) is 7.79. The summed E-state index contributed by atoms with van der Waals surface area (Å²) in [6.45, 7) is 2.57. The number of nitrogens with zero attached hydrogens (tertiary/aromatic N) is 3. The standard InChI is InChI=1S/C17H18FN3O4/c1-10-7-11(3-4-12(10)18)8-20(2)16(23)14-15(22)17(24)21-5-6-25-9-13(21)19-14/h3-4,7,22H,5-6,8-9H2,1-2H3. The highest BCUT2D eigenvalue weighted by molar-refractivity contribution is 5.94. The van der Waals surface area contributed by atoms with Crippen molar-refractivity contribution in [2.24, 2.45) is 0 Å². The van der Waals surface area contributed by atoms with Crippen LogP contribution in [0.4, 0.5) is 4.39 Å². The van der Waals surface area contributed by atoms with Crippen molar-refractivity contribution in [3.05, 3.63) is 57.0 Å². The van der Waals surface area contributed by atoms with Crippen molar-refractivity contribution in [3.63, 3.8) is 0 Å². The largest absolute Gasteiger partial charge is 0.501 e. The quantitative estimate of drug-likeness (QED) is 0.902. The molecule has 25 heavy (non-hydrogen) atoms. The van der Waals surface area contributed by atoms with E-state index < -0.39 is 17.2 Å². The maximum Gasteiger partial charge on any atom is 0.296 e. The first-order valence-corrected chi connectivity index (χ1v) is 7.79. The van der Waals surface area contributed by atoms with E-state index in [9.17, 15) is 19.1 Å². The van der Waals surface area contributed by atoms with Gasteiger partial charge in [0, 0.05) is 13.6 Å². The molecule has 0 aliphatic carbocycles. The number of ether oxygens (including phenoxy) is 1. The lowest BCUT2D eigenvalue weighted by atomic mass is 10.1. The van der Waals surface area contributed by atoms with Gasteiger partial charge in [-0.2, -0.15) is 0 Å². The van der Waals surface area contributed by atoms with Crippen molar-refractivity contribution in [1.82, 2.24) is 14.5 Å². The number of fused-ring (bicyclic) bond motifs is 1. The Hall–Kier alpha value is -2.74. The van der Waals surface area contributed by atoms with E-state index in [0.717, 1.165) is 5.56 Å². The van der Waals surface area contributed by atoms with Crippen molar-refractivity contribution in [2.45, 2.75) is 26.6 Å². The van der Waals surface area contributed by atoms with Gasteiger partial charge in [-0.25, -0.2) is 9.37 Å². The lowest BCUT2D eigenvalue weighted by molar-refractivity contribution is 0.0726. The minimum absolute atomic E-state index is 0.108. The molecule has 1 aromatic heterocycles. The number of aromatic nitrogens is 2. The molecule has 0 fully saturated rings. The summed E-state index contributed by atoms with van der Waals surface area (Å²) in [5, 5.41) is 10.1. The predicted octanol–water partition coefficient (Wildman–Crippen LogP) is 1.20. The average molecular weight is 347 g/mol. The minimum atomic E-state index is -0.669. The van der Waals surface area contributed by atoms with Crippen LogP contribution in [0.3, 0.4) is 0 Å². The zero-order valence-electron chi connectivity index (χ0n) is 14.0. The zero-order valence-corrected chi connectivity index (χ0v) is 14.0. The minimum Gasteiger partial charge on any atom is -0.501 e. The number of rotatable bonds is 3. The molecule has 1 aliphatic rings. The predicted molar refractivity (Wildman–Crippen MR) is 86.8 cm³/mol. The molecule has 0 bridgehead atoms. The number of carbonyl (C=O) groups excluding carboxylic acids is 1. The Morgan fingerprint density at radius 3 is 2.96 bits per heavy atom. The smallest absolute Gasteiger partial charge is 0.296 e. The summed E-state index contributed by atoms with van der Waals surface area (Å²) in [6, 6.07) is 4.55. The number of carbonyl (C=O) groups is 1. The van der Waals surface area contributed by atoms with Crippen LogP contribution in [0.25, 0.3) is 0 Å². The third kappa shape index (κ3) is 3.25. The fraction of sp³-hybridized carbons (Fsp3) is 0.353. The summed E-state index contributed by atoms with van der Waals surface area (Å²) in [5.41, 5.74) is 0.251. The summed E-state index contributed by atoms with van der Waals surface area (Å²) in [6.07, 6.45) is 0. The van der Waals surface area contributed by atoms with Crippen LogP contribution >= 0.6 is 0 Å². The van der Waals surface area contributed by atoms with Crippen molar-refractivity contribution in [3.8, 4) is 5.75 Å². The van der Waals surface area contributed by atoms with Gasteiger partial charge in [-0.3, -0.25) is 14.2 Å². The molecule has 2 aromatic rings. The maximum atomic E-state index is 13.3. The Morgan fingerprint density at radius 1 is 1.48 bits per heavy atom. The Morgan fingerprint density at radius 2 is 2.24 bits per heavy atom. The molecule has 1 amide bonds. The van der Waals surface area contributed by atoms with Gasteiger partial charge in [0.2, 0.25) is 5.75 Å². The molecule has 1 aliphatic heterocycles. The fourth-order valence-corrected chi connectivity index (χ4v) is 2.73. The second kappa shape index (κ2) is 6.64. The van der Waals surface area contributed by atoms with Crippen LogP contribution in [-0.2, 0) is 24.4 Å². The Bertz CT molecular complexity index is 894. The number of hydrogen-bond donors (Lipinski definition) is 1. The fourth-order valence-electron chi connectivity index (χ4n) is 2.73. The summed E-state index contributed by atoms with van der Waals surface area (Å²) in [7, 11) is 1.52. The topological polar surface area (TPSA) is 84.7 Å². The van der Waals surface area contributed by atoms with Crippen LogP contribution in [0.2, 0.25) is 0 Å². The normalized spacial score (nSPS) is 13.4. The second-order valence-corrected chi connectivity index (χ2v) is 5.98. The first kappa shape index (κ1) is 17.1. The highest BCUT2D eigenvalue weighted by atomic mass is 19.1. The van der Waals surface area contributed by atoms with Gasteiger partial charge in [-0.15, -0.1) is 0 Å². The average Bonchev–Trinajstić information content (AvgIpc) is 2.60. The second-order valence-electron chi connectivity index (χ2n) is 5.98. The summed E-state index contributed by atoms with van der Waals surface area (Å²) in [4.78, 5) is 30.2. The SMILES string of the molecule is Cc1cc(CN(C)C(=O)c2nc3n(c(=O)c2O)CCOC3)ccc1F. The Labute approximate surface area is 143 Å². The van der Waals surface area contributed by atoms with Gasteiger partial charge in [0.05, 0.1) is 13.2 Å². The van der Waals surface area contributed by atoms with Crippen molar-refractivity contribution < 1.29 is 19.0 Å². The van der Waals surface area contributed by atoms with E-state index in [1.165, 1.54) is 22.6 Å². The monoisotopic (exact) mass is 347 g/mol. The molecule has 0 unspecified atom stereocenters. The van der Waals surface area contributed by atoms with Crippen LogP contribution < -0.4 is 5.56 Å². The molecule has 2 heterocycles. The molecule has 132 valence electrons. The molecule has 0 saturated heterocycles. The van der Waals surface area contributed by atoms with Crippen LogP contribution in [0.5, 0.6) is 5.75 Å². The lowest BCUT2D eigenvalue weighted by Gasteiger charge is -2.21. The maximum absolute atomic E-state index is 13.3. The number of aryl methyl sites for hydroxylation is 1. The molecule has 3 rings (SSSR count). The van der Waals surface area contributed by atoms with Gasteiger partial charge in [-0.1, -0.05) is 12.1 Å². The summed E-state index contributed by atoms with van der Waals surface area (Å²) < 4.78 is 19.9. The molecular weight excluding hydrogens is 329 g/mol. The van der Waals surface area contributed by atoms with Gasteiger partial charge in [-0.05, 0) is 24.1 Å². The first-order chi connectivity index (χ1) is 11.9. The Balaban J connectivity index is 1.88. The third-order valence-electron chi connectivity index (χ3n) is 4.11. The summed E-state index contributed by atoms with van der Waals surface area (Å²) >= 11 is 0. The molecule has 0 atom stereocenters. The zero-order chi connectivity index (χ0) is 18.1. The van der Waals surface area contributed by atoms with Crippen LogP contribution in [0, 0.1) is 12.7 Å². The van der Waals surface area contributed by atoms with Crippen molar-refractivity contribution in [1.29, 1.82) is 0 Å². The molecule has 7 nitrogen and oxygen atoms in total. The van der Waals surface area contributed by atoms with Crippen LogP contribution in [-0.4, -0.2) is 39.1 Å². The molecule has 0 radical (unpaired) electrons. The third-order valence-corrected chi connectivity index (χ3v) is 4.11. The number of hydrogen-bond acceptors (Lipinski definition) is 5. The molecule has 1 aromatic carbocycles.